The van der Waals surface area contributed by atoms with E-state index in [0.717, 1.165) is 5.56 Å². The summed E-state index contributed by atoms with van der Waals surface area (Å²) in [6.45, 7) is -0.200. The van der Waals surface area contributed by atoms with E-state index < -0.39 is 11.9 Å². The molecule has 148 valence electrons. The number of anilines is 1. The first-order valence-electron chi connectivity index (χ1n) is 8.53. The summed E-state index contributed by atoms with van der Waals surface area (Å²) < 4.78 is 10.3. The standard InChI is InChI=1S/C20H22N2O6/c1-27-16-9-6-14(11-17(16)28-2)20(26)21-12-18(23)22-15-7-3-13(4-8-15)5-10-19(24)25/h3-4,6-9,11H,5,10,12H2,1-2H3,(H,21,26)(H,22,23)(H,24,25). The second-order valence-electron chi connectivity index (χ2n) is 5.89. The van der Waals surface area contributed by atoms with Crippen molar-refractivity contribution in [2.45, 2.75) is 12.8 Å². The molecule has 0 unspecified atom stereocenters. The van der Waals surface area contributed by atoms with Crippen LogP contribution in [0.2, 0.25) is 0 Å². The number of aryl methyl sites for hydroxylation is 1. The molecule has 0 aliphatic heterocycles. The Labute approximate surface area is 162 Å². The van der Waals surface area contributed by atoms with Crippen LogP contribution in [0.3, 0.4) is 0 Å². The van der Waals surface area contributed by atoms with Gasteiger partial charge in [-0.15, -0.1) is 0 Å². The number of aliphatic carboxylic acids is 1. The first-order chi connectivity index (χ1) is 13.4. The van der Waals surface area contributed by atoms with Crippen LogP contribution in [0.4, 0.5) is 5.69 Å². The number of carboxylic acids is 1. The van der Waals surface area contributed by atoms with Crippen molar-refractivity contribution in [3.63, 3.8) is 0 Å². The maximum absolute atomic E-state index is 12.2. The van der Waals surface area contributed by atoms with Crippen LogP contribution in [0.1, 0.15) is 22.3 Å². The van der Waals surface area contributed by atoms with Crippen LogP contribution in [-0.4, -0.2) is 43.7 Å². The zero-order chi connectivity index (χ0) is 20.5. The summed E-state index contributed by atoms with van der Waals surface area (Å²) in [4.78, 5) is 34.8. The van der Waals surface area contributed by atoms with Crippen molar-refractivity contribution in [2.24, 2.45) is 0 Å². The third-order valence-corrected chi connectivity index (χ3v) is 3.92. The van der Waals surface area contributed by atoms with Crippen molar-refractivity contribution in [3.8, 4) is 11.5 Å². The summed E-state index contributed by atoms with van der Waals surface area (Å²) >= 11 is 0. The molecule has 0 bridgehead atoms. The van der Waals surface area contributed by atoms with Crippen LogP contribution >= 0.6 is 0 Å². The minimum Gasteiger partial charge on any atom is -0.493 e. The van der Waals surface area contributed by atoms with Crippen molar-refractivity contribution in [1.29, 1.82) is 0 Å². The number of carbonyl (C=O) groups is 3. The minimum absolute atomic E-state index is 0.0495. The van der Waals surface area contributed by atoms with Crippen molar-refractivity contribution in [3.05, 3.63) is 53.6 Å². The largest absolute Gasteiger partial charge is 0.493 e. The van der Waals surface area contributed by atoms with Gasteiger partial charge in [0.05, 0.1) is 20.8 Å². The van der Waals surface area contributed by atoms with Crippen molar-refractivity contribution >= 4 is 23.5 Å². The number of carbonyl (C=O) groups excluding carboxylic acids is 2. The highest BCUT2D eigenvalue weighted by Gasteiger charge is 2.12. The Morgan fingerprint density at radius 2 is 1.64 bits per heavy atom. The molecule has 0 spiro atoms. The number of methoxy groups -OCH3 is 2. The van der Waals surface area contributed by atoms with E-state index in [1.165, 1.54) is 20.3 Å². The lowest BCUT2D eigenvalue weighted by atomic mass is 10.1. The summed E-state index contributed by atoms with van der Waals surface area (Å²) in [5.74, 6) is -0.735. The predicted molar refractivity (Wildman–Crippen MR) is 103 cm³/mol. The van der Waals surface area contributed by atoms with Gasteiger partial charge in [-0.1, -0.05) is 12.1 Å². The number of amides is 2. The lowest BCUT2D eigenvalue weighted by Gasteiger charge is -2.10. The molecule has 0 fully saturated rings. The lowest BCUT2D eigenvalue weighted by molar-refractivity contribution is -0.137. The number of carboxylic acid groups (broad SMARTS) is 1. The summed E-state index contributed by atoms with van der Waals surface area (Å²) in [6, 6.07) is 11.6. The highest BCUT2D eigenvalue weighted by Crippen LogP contribution is 2.27. The maximum Gasteiger partial charge on any atom is 0.303 e. The van der Waals surface area contributed by atoms with Gasteiger partial charge in [0, 0.05) is 17.7 Å². The van der Waals surface area contributed by atoms with Crippen LogP contribution in [-0.2, 0) is 16.0 Å². The van der Waals surface area contributed by atoms with Gasteiger partial charge in [-0.05, 0) is 42.3 Å². The molecule has 0 heterocycles. The van der Waals surface area contributed by atoms with Gasteiger partial charge >= 0.3 is 5.97 Å². The fourth-order valence-corrected chi connectivity index (χ4v) is 2.45. The molecule has 0 atom stereocenters. The van der Waals surface area contributed by atoms with Gasteiger partial charge in [-0.25, -0.2) is 0 Å². The SMILES string of the molecule is COc1ccc(C(=O)NCC(=O)Nc2ccc(CCC(=O)O)cc2)cc1OC. The highest BCUT2D eigenvalue weighted by molar-refractivity contribution is 5.99. The molecule has 0 aromatic heterocycles. The molecule has 2 rings (SSSR count). The molecule has 2 aromatic carbocycles. The number of hydrogen-bond acceptors (Lipinski definition) is 5. The smallest absolute Gasteiger partial charge is 0.303 e. The Morgan fingerprint density at radius 3 is 2.25 bits per heavy atom. The van der Waals surface area contributed by atoms with Crippen molar-refractivity contribution < 1.29 is 29.0 Å². The molecular formula is C20H22N2O6. The minimum atomic E-state index is -0.859. The van der Waals surface area contributed by atoms with E-state index in [4.69, 9.17) is 14.6 Å². The fraction of sp³-hybridized carbons (Fsp3) is 0.250. The Balaban J connectivity index is 1.86. The van der Waals surface area contributed by atoms with E-state index in [0.29, 0.717) is 29.2 Å². The molecule has 0 aliphatic carbocycles. The van der Waals surface area contributed by atoms with E-state index in [-0.39, 0.29) is 18.9 Å². The van der Waals surface area contributed by atoms with Gasteiger partial charge < -0.3 is 25.2 Å². The molecule has 28 heavy (non-hydrogen) atoms. The highest BCUT2D eigenvalue weighted by atomic mass is 16.5. The number of ether oxygens (including phenoxy) is 2. The number of benzene rings is 2. The summed E-state index contributed by atoms with van der Waals surface area (Å²) in [6.07, 6.45) is 0.471. The van der Waals surface area contributed by atoms with Gasteiger partial charge in [0.2, 0.25) is 5.91 Å². The van der Waals surface area contributed by atoms with Gasteiger partial charge in [0.15, 0.2) is 11.5 Å². The van der Waals surface area contributed by atoms with E-state index in [1.807, 2.05) is 0 Å². The third-order valence-electron chi connectivity index (χ3n) is 3.92. The number of hydrogen-bond donors (Lipinski definition) is 3. The predicted octanol–water partition coefficient (Wildman–Crippen LogP) is 2.09. The summed E-state index contributed by atoms with van der Waals surface area (Å²) in [5, 5.41) is 13.9. The molecule has 0 saturated heterocycles. The van der Waals surface area contributed by atoms with Crippen molar-refractivity contribution in [2.75, 3.05) is 26.1 Å². The second kappa shape index (κ2) is 9.96. The zero-order valence-electron chi connectivity index (χ0n) is 15.7. The van der Waals surface area contributed by atoms with Gasteiger partial charge in [-0.3, -0.25) is 14.4 Å². The van der Waals surface area contributed by atoms with Crippen LogP contribution in [0.5, 0.6) is 11.5 Å². The first kappa shape index (κ1) is 20.8. The second-order valence-corrected chi connectivity index (χ2v) is 5.89. The van der Waals surface area contributed by atoms with Crippen molar-refractivity contribution in [1.82, 2.24) is 5.32 Å². The molecule has 0 radical (unpaired) electrons. The summed E-state index contributed by atoms with van der Waals surface area (Å²) in [5.41, 5.74) is 1.76. The Hall–Kier alpha value is -3.55. The molecule has 2 aromatic rings. The monoisotopic (exact) mass is 386 g/mol. The number of rotatable bonds is 9. The van der Waals surface area contributed by atoms with Gasteiger partial charge in [-0.2, -0.15) is 0 Å². The molecule has 0 aliphatic rings. The van der Waals surface area contributed by atoms with Crippen LogP contribution in [0.15, 0.2) is 42.5 Å². The van der Waals surface area contributed by atoms with E-state index in [2.05, 4.69) is 10.6 Å². The normalized spacial score (nSPS) is 10.1. The summed E-state index contributed by atoms with van der Waals surface area (Å²) in [7, 11) is 2.97. The molecular weight excluding hydrogens is 364 g/mol. The van der Waals surface area contributed by atoms with E-state index in [9.17, 15) is 14.4 Å². The van der Waals surface area contributed by atoms with Gasteiger partial charge in [0.1, 0.15) is 0 Å². The third kappa shape index (κ3) is 6.01. The zero-order valence-corrected chi connectivity index (χ0v) is 15.7. The van der Waals surface area contributed by atoms with E-state index in [1.54, 1.807) is 36.4 Å². The van der Waals surface area contributed by atoms with Crippen LogP contribution in [0.25, 0.3) is 0 Å². The Morgan fingerprint density at radius 1 is 0.964 bits per heavy atom. The Kier molecular flexibility index (Phi) is 7.38. The number of nitrogens with one attached hydrogen (secondary N) is 2. The topological polar surface area (TPSA) is 114 Å². The Bertz CT molecular complexity index is 848. The average molecular weight is 386 g/mol. The maximum atomic E-state index is 12.2. The van der Waals surface area contributed by atoms with Crippen LogP contribution in [0, 0.1) is 0 Å². The van der Waals surface area contributed by atoms with Crippen LogP contribution < -0.4 is 20.1 Å². The first-order valence-corrected chi connectivity index (χ1v) is 8.53. The van der Waals surface area contributed by atoms with E-state index >= 15 is 0 Å². The van der Waals surface area contributed by atoms with Gasteiger partial charge in [0.25, 0.3) is 5.91 Å². The molecule has 0 saturated carbocycles. The molecule has 8 nitrogen and oxygen atoms in total. The quantitative estimate of drug-likeness (QED) is 0.608. The molecule has 3 N–H and O–H groups in total. The molecule has 8 heteroatoms. The average Bonchev–Trinajstić information content (AvgIpc) is 2.70. The lowest BCUT2D eigenvalue weighted by Crippen LogP contribution is -2.32. The molecule has 2 amide bonds. The fourth-order valence-electron chi connectivity index (χ4n) is 2.45.